The number of methoxy groups -OCH3 is 3. The van der Waals surface area contributed by atoms with Crippen LogP contribution >= 0.6 is 0 Å². The maximum atomic E-state index is 5.43. The Hall–Kier alpha value is -1.52. The van der Waals surface area contributed by atoms with Gasteiger partial charge in [-0.2, -0.15) is 0 Å². The summed E-state index contributed by atoms with van der Waals surface area (Å²) in [7, 11) is 4.88. The second-order valence-electron chi connectivity index (χ2n) is 3.49. The lowest BCUT2D eigenvalue weighted by Crippen LogP contribution is -1.98. The van der Waals surface area contributed by atoms with Crippen molar-refractivity contribution >= 4 is 6.08 Å². The number of ether oxygens (including phenoxy) is 3. The number of hydrogen-bond donors (Lipinski definition) is 1. The van der Waals surface area contributed by atoms with Crippen LogP contribution in [-0.4, -0.2) is 27.9 Å². The van der Waals surface area contributed by atoms with E-state index in [-0.39, 0.29) is 0 Å². The van der Waals surface area contributed by atoms with Crippen LogP contribution in [0, 0.1) is 0 Å². The van der Waals surface area contributed by atoms with Gasteiger partial charge in [0.2, 0.25) is 0 Å². The fourth-order valence-electron chi connectivity index (χ4n) is 1.63. The molecule has 4 nitrogen and oxygen atoms in total. The molecule has 17 heavy (non-hydrogen) atoms. The monoisotopic (exact) mass is 237 g/mol. The van der Waals surface area contributed by atoms with Gasteiger partial charge in [-0.3, -0.25) is 0 Å². The molecule has 0 heterocycles. The molecule has 0 saturated carbocycles. The number of nitrogens with two attached hydrogens (primary N) is 1. The van der Waals surface area contributed by atoms with Gasteiger partial charge < -0.3 is 19.9 Å². The third-order valence-electron chi connectivity index (χ3n) is 2.32. The van der Waals surface area contributed by atoms with Crippen LogP contribution in [0.15, 0.2) is 18.2 Å². The quantitative estimate of drug-likeness (QED) is 0.820. The Morgan fingerprint density at radius 3 is 2.47 bits per heavy atom. The minimum atomic E-state index is 0.476. The molecular formula is C13H19NO3. The van der Waals surface area contributed by atoms with Gasteiger partial charge in [-0.25, -0.2) is 0 Å². The van der Waals surface area contributed by atoms with E-state index in [1.165, 1.54) is 0 Å². The Morgan fingerprint density at radius 2 is 1.94 bits per heavy atom. The standard InChI is InChI=1S/C13H19NO3/c1-15-9-11-7-10(5-4-6-14)8-12(16-2)13(11)17-3/h4-5,7-8H,6,9,14H2,1-3H3/b5-4+. The van der Waals surface area contributed by atoms with Crippen LogP contribution in [0.1, 0.15) is 11.1 Å². The second-order valence-corrected chi connectivity index (χ2v) is 3.49. The van der Waals surface area contributed by atoms with E-state index in [0.717, 1.165) is 11.1 Å². The Bertz CT molecular complexity index is 388. The van der Waals surface area contributed by atoms with E-state index in [0.29, 0.717) is 24.7 Å². The van der Waals surface area contributed by atoms with Gasteiger partial charge in [0.1, 0.15) is 0 Å². The van der Waals surface area contributed by atoms with Crippen LogP contribution in [0.5, 0.6) is 11.5 Å². The Morgan fingerprint density at radius 1 is 1.18 bits per heavy atom. The Kier molecular flexibility index (Phi) is 5.52. The fraction of sp³-hybridized carbons (Fsp3) is 0.385. The lowest BCUT2D eigenvalue weighted by molar-refractivity contribution is 0.181. The van der Waals surface area contributed by atoms with Crippen molar-refractivity contribution in [2.24, 2.45) is 5.73 Å². The summed E-state index contributed by atoms with van der Waals surface area (Å²) in [5.41, 5.74) is 7.40. The van der Waals surface area contributed by atoms with Crippen LogP contribution in [0.4, 0.5) is 0 Å². The van der Waals surface area contributed by atoms with Crippen molar-refractivity contribution < 1.29 is 14.2 Å². The highest BCUT2D eigenvalue weighted by Gasteiger charge is 2.11. The van der Waals surface area contributed by atoms with Crippen LogP contribution in [-0.2, 0) is 11.3 Å². The van der Waals surface area contributed by atoms with Crippen LogP contribution in [0.2, 0.25) is 0 Å². The van der Waals surface area contributed by atoms with Crippen LogP contribution < -0.4 is 15.2 Å². The minimum absolute atomic E-state index is 0.476. The molecule has 94 valence electrons. The molecule has 0 spiro atoms. The van der Waals surface area contributed by atoms with Gasteiger partial charge in [-0.05, 0) is 17.7 Å². The highest BCUT2D eigenvalue weighted by molar-refractivity contribution is 5.59. The average Bonchev–Trinajstić information content (AvgIpc) is 2.36. The van der Waals surface area contributed by atoms with E-state index in [1.807, 2.05) is 24.3 Å². The van der Waals surface area contributed by atoms with Crippen LogP contribution in [0.3, 0.4) is 0 Å². The molecule has 0 amide bonds. The molecule has 0 atom stereocenters. The third-order valence-corrected chi connectivity index (χ3v) is 2.32. The highest BCUT2D eigenvalue weighted by Crippen LogP contribution is 2.33. The summed E-state index contributed by atoms with van der Waals surface area (Å²) < 4.78 is 15.8. The Balaban J connectivity index is 3.19. The predicted molar refractivity (Wildman–Crippen MR) is 68.3 cm³/mol. The molecule has 0 bridgehead atoms. The molecule has 0 saturated heterocycles. The largest absolute Gasteiger partial charge is 0.493 e. The predicted octanol–water partition coefficient (Wildman–Crippen LogP) is 1.82. The molecule has 2 N–H and O–H groups in total. The minimum Gasteiger partial charge on any atom is -0.493 e. The van der Waals surface area contributed by atoms with Gasteiger partial charge >= 0.3 is 0 Å². The lowest BCUT2D eigenvalue weighted by atomic mass is 10.1. The first-order valence-electron chi connectivity index (χ1n) is 5.37. The zero-order chi connectivity index (χ0) is 12.7. The fourth-order valence-corrected chi connectivity index (χ4v) is 1.63. The molecule has 4 heteroatoms. The molecule has 1 rings (SSSR count). The second kappa shape index (κ2) is 6.93. The molecular weight excluding hydrogens is 218 g/mol. The van der Waals surface area contributed by atoms with Gasteiger partial charge in [0.15, 0.2) is 11.5 Å². The van der Waals surface area contributed by atoms with Crippen molar-refractivity contribution in [1.29, 1.82) is 0 Å². The Labute approximate surface area is 102 Å². The van der Waals surface area contributed by atoms with Gasteiger partial charge in [0.25, 0.3) is 0 Å². The molecule has 0 aromatic heterocycles. The third kappa shape index (κ3) is 3.47. The SMILES string of the molecule is COCc1cc(/C=C/CN)cc(OC)c1OC. The van der Waals surface area contributed by atoms with Crippen molar-refractivity contribution in [3.63, 3.8) is 0 Å². The number of benzene rings is 1. The summed E-state index contributed by atoms with van der Waals surface area (Å²) in [6, 6.07) is 3.90. The number of hydrogen-bond acceptors (Lipinski definition) is 4. The van der Waals surface area contributed by atoms with E-state index < -0.39 is 0 Å². The van der Waals surface area contributed by atoms with Crippen molar-refractivity contribution in [3.05, 3.63) is 29.3 Å². The van der Waals surface area contributed by atoms with E-state index in [2.05, 4.69) is 0 Å². The first kappa shape index (κ1) is 13.5. The maximum Gasteiger partial charge on any atom is 0.166 e. The summed E-state index contributed by atoms with van der Waals surface area (Å²) in [4.78, 5) is 0. The molecule has 0 radical (unpaired) electrons. The van der Waals surface area contributed by atoms with Crippen molar-refractivity contribution in [2.75, 3.05) is 27.9 Å². The molecule has 0 aliphatic rings. The zero-order valence-electron chi connectivity index (χ0n) is 10.5. The van der Waals surface area contributed by atoms with Crippen molar-refractivity contribution in [1.82, 2.24) is 0 Å². The molecule has 1 aromatic rings. The summed E-state index contributed by atoms with van der Waals surface area (Å²) in [6.07, 6.45) is 3.83. The summed E-state index contributed by atoms with van der Waals surface area (Å²) >= 11 is 0. The van der Waals surface area contributed by atoms with Gasteiger partial charge in [0.05, 0.1) is 20.8 Å². The lowest BCUT2D eigenvalue weighted by Gasteiger charge is -2.13. The molecule has 1 aromatic carbocycles. The summed E-state index contributed by atoms with van der Waals surface area (Å²) in [6.45, 7) is 0.984. The first-order valence-corrected chi connectivity index (χ1v) is 5.37. The first-order chi connectivity index (χ1) is 8.26. The molecule has 0 fully saturated rings. The summed E-state index contributed by atoms with van der Waals surface area (Å²) in [5.74, 6) is 1.40. The molecule has 0 unspecified atom stereocenters. The zero-order valence-corrected chi connectivity index (χ0v) is 10.5. The average molecular weight is 237 g/mol. The van der Waals surface area contributed by atoms with E-state index in [1.54, 1.807) is 21.3 Å². The summed E-state index contributed by atoms with van der Waals surface area (Å²) in [5, 5.41) is 0. The smallest absolute Gasteiger partial charge is 0.166 e. The topological polar surface area (TPSA) is 53.7 Å². The molecule has 0 aliphatic carbocycles. The number of rotatable bonds is 6. The van der Waals surface area contributed by atoms with E-state index in [4.69, 9.17) is 19.9 Å². The van der Waals surface area contributed by atoms with Gasteiger partial charge in [-0.1, -0.05) is 12.2 Å². The van der Waals surface area contributed by atoms with Gasteiger partial charge in [-0.15, -0.1) is 0 Å². The molecule has 0 aliphatic heterocycles. The van der Waals surface area contributed by atoms with E-state index >= 15 is 0 Å². The highest BCUT2D eigenvalue weighted by atomic mass is 16.5. The maximum absolute atomic E-state index is 5.43. The normalized spacial score (nSPS) is 10.8. The van der Waals surface area contributed by atoms with E-state index in [9.17, 15) is 0 Å². The van der Waals surface area contributed by atoms with Crippen LogP contribution in [0.25, 0.3) is 6.08 Å². The van der Waals surface area contributed by atoms with Crippen molar-refractivity contribution in [3.8, 4) is 11.5 Å². The van der Waals surface area contributed by atoms with Gasteiger partial charge in [0, 0.05) is 19.2 Å². The van der Waals surface area contributed by atoms with Crippen molar-refractivity contribution in [2.45, 2.75) is 6.61 Å².